The molecule has 0 aromatic carbocycles. The minimum atomic E-state index is -0.905. The topological polar surface area (TPSA) is 71.2 Å². The van der Waals surface area contributed by atoms with Crippen molar-refractivity contribution in [2.24, 2.45) is 0 Å². The van der Waals surface area contributed by atoms with Gasteiger partial charge in [-0.05, 0) is 62.8 Å². The Bertz CT molecular complexity index is 812. The summed E-state index contributed by atoms with van der Waals surface area (Å²) in [5, 5.41) is 14.2. The van der Waals surface area contributed by atoms with E-state index in [4.69, 9.17) is 5.10 Å². The summed E-state index contributed by atoms with van der Waals surface area (Å²) in [5.74, 6) is -0.905. The van der Waals surface area contributed by atoms with Crippen molar-refractivity contribution in [2.75, 3.05) is 13.1 Å². The average Bonchev–Trinajstić information content (AvgIpc) is 2.81. The standard InChI is InChI=1S/C21H28N4O2/c1-15-17(12-16-13-22-9-7-20(16)21(26)27)14-25(23-15)19-6-3-10-24(11-8-19)18-4-2-5-18/h7,9,13-14,18-19H,2-6,8,10-12H2,1H3,(H,26,27)/t19-/m1/s1. The van der Waals surface area contributed by atoms with Crippen LogP contribution in [0, 0.1) is 6.92 Å². The van der Waals surface area contributed by atoms with Gasteiger partial charge in [0.2, 0.25) is 0 Å². The van der Waals surface area contributed by atoms with Gasteiger partial charge in [-0.25, -0.2) is 4.79 Å². The number of nitrogens with zero attached hydrogens (tertiary/aromatic N) is 4. The monoisotopic (exact) mass is 368 g/mol. The van der Waals surface area contributed by atoms with Crippen molar-refractivity contribution in [2.45, 2.75) is 64.0 Å². The highest BCUT2D eigenvalue weighted by atomic mass is 16.4. The van der Waals surface area contributed by atoms with Crippen molar-refractivity contribution in [1.82, 2.24) is 19.7 Å². The lowest BCUT2D eigenvalue weighted by Gasteiger charge is -2.36. The minimum Gasteiger partial charge on any atom is -0.478 e. The molecule has 27 heavy (non-hydrogen) atoms. The number of likely N-dealkylation sites (tertiary alicyclic amines) is 1. The number of carboxylic acids is 1. The van der Waals surface area contributed by atoms with Crippen LogP contribution in [0.5, 0.6) is 0 Å². The summed E-state index contributed by atoms with van der Waals surface area (Å²) in [4.78, 5) is 18.2. The van der Waals surface area contributed by atoms with Gasteiger partial charge in [0, 0.05) is 37.6 Å². The first-order valence-corrected chi connectivity index (χ1v) is 10.1. The third-order valence-electron chi connectivity index (χ3n) is 6.23. The van der Waals surface area contributed by atoms with Crippen molar-refractivity contribution in [1.29, 1.82) is 0 Å². The van der Waals surface area contributed by atoms with Crippen LogP contribution in [0.4, 0.5) is 0 Å². The Labute approximate surface area is 160 Å². The molecular formula is C21H28N4O2. The number of aromatic nitrogens is 3. The van der Waals surface area contributed by atoms with Crippen LogP contribution in [0.1, 0.15) is 71.7 Å². The van der Waals surface area contributed by atoms with Crippen LogP contribution in [0.3, 0.4) is 0 Å². The zero-order valence-corrected chi connectivity index (χ0v) is 16.0. The molecule has 3 heterocycles. The first-order valence-electron chi connectivity index (χ1n) is 10.1. The van der Waals surface area contributed by atoms with E-state index >= 15 is 0 Å². The van der Waals surface area contributed by atoms with Gasteiger partial charge < -0.3 is 10.0 Å². The molecule has 1 N–H and O–H groups in total. The van der Waals surface area contributed by atoms with E-state index in [1.165, 1.54) is 38.4 Å². The van der Waals surface area contributed by atoms with Crippen molar-refractivity contribution in [3.05, 3.63) is 47.0 Å². The zero-order valence-electron chi connectivity index (χ0n) is 16.0. The molecule has 144 valence electrons. The highest BCUT2D eigenvalue weighted by Crippen LogP contribution is 2.30. The van der Waals surface area contributed by atoms with Crippen LogP contribution in [0.15, 0.2) is 24.7 Å². The SMILES string of the molecule is Cc1nn([C@@H]2CCCN(C3CCC3)CC2)cc1Cc1cnccc1C(=O)O. The van der Waals surface area contributed by atoms with Crippen molar-refractivity contribution >= 4 is 5.97 Å². The number of hydrogen-bond acceptors (Lipinski definition) is 4. The molecule has 1 aliphatic heterocycles. The van der Waals surface area contributed by atoms with Gasteiger partial charge >= 0.3 is 5.97 Å². The Kier molecular flexibility index (Phi) is 5.25. The molecule has 1 aliphatic carbocycles. The van der Waals surface area contributed by atoms with E-state index in [1.807, 2.05) is 6.92 Å². The van der Waals surface area contributed by atoms with E-state index in [2.05, 4.69) is 20.8 Å². The fraction of sp³-hybridized carbons (Fsp3) is 0.571. The highest BCUT2D eigenvalue weighted by molar-refractivity contribution is 5.89. The number of aromatic carboxylic acids is 1. The summed E-state index contributed by atoms with van der Waals surface area (Å²) >= 11 is 0. The average molecular weight is 368 g/mol. The summed E-state index contributed by atoms with van der Waals surface area (Å²) in [6.07, 6.45) is 13.5. The van der Waals surface area contributed by atoms with Crippen LogP contribution in [-0.4, -0.2) is 49.9 Å². The predicted octanol–water partition coefficient (Wildman–Crippen LogP) is 3.46. The summed E-state index contributed by atoms with van der Waals surface area (Å²) in [6, 6.07) is 2.83. The van der Waals surface area contributed by atoms with E-state index < -0.39 is 5.97 Å². The van der Waals surface area contributed by atoms with Crippen molar-refractivity contribution in [3.63, 3.8) is 0 Å². The Hall–Kier alpha value is -2.21. The number of hydrogen-bond donors (Lipinski definition) is 1. The van der Waals surface area contributed by atoms with Crippen LogP contribution < -0.4 is 0 Å². The van der Waals surface area contributed by atoms with Crippen LogP contribution in [0.2, 0.25) is 0 Å². The van der Waals surface area contributed by atoms with Crippen LogP contribution in [-0.2, 0) is 6.42 Å². The van der Waals surface area contributed by atoms with Gasteiger partial charge in [0.05, 0.1) is 17.3 Å². The molecule has 6 heteroatoms. The van der Waals surface area contributed by atoms with E-state index in [1.54, 1.807) is 12.3 Å². The Morgan fingerprint density at radius 3 is 2.70 bits per heavy atom. The van der Waals surface area contributed by atoms with E-state index in [0.29, 0.717) is 18.0 Å². The number of aryl methyl sites for hydroxylation is 1. The predicted molar refractivity (Wildman–Crippen MR) is 103 cm³/mol. The van der Waals surface area contributed by atoms with E-state index in [9.17, 15) is 9.90 Å². The molecule has 4 rings (SSSR count). The molecule has 0 spiro atoms. The molecule has 2 aliphatic rings. The normalized spacial score (nSPS) is 21.6. The number of rotatable bonds is 5. The van der Waals surface area contributed by atoms with E-state index in [-0.39, 0.29) is 0 Å². The van der Waals surface area contributed by atoms with Crippen LogP contribution >= 0.6 is 0 Å². The van der Waals surface area contributed by atoms with Gasteiger partial charge in [0.1, 0.15) is 0 Å². The largest absolute Gasteiger partial charge is 0.478 e. The smallest absolute Gasteiger partial charge is 0.336 e. The second kappa shape index (κ2) is 7.80. The number of carboxylic acid groups (broad SMARTS) is 1. The number of pyridine rings is 1. The maximum absolute atomic E-state index is 11.4. The summed E-state index contributed by atoms with van der Waals surface area (Å²) in [6.45, 7) is 4.39. The fourth-order valence-electron chi connectivity index (χ4n) is 4.34. The summed E-state index contributed by atoms with van der Waals surface area (Å²) < 4.78 is 2.13. The quantitative estimate of drug-likeness (QED) is 0.875. The molecule has 2 aromatic rings. The second-order valence-corrected chi connectivity index (χ2v) is 7.94. The molecule has 6 nitrogen and oxygen atoms in total. The van der Waals surface area contributed by atoms with Crippen molar-refractivity contribution in [3.8, 4) is 0 Å². The maximum atomic E-state index is 11.4. The molecule has 0 bridgehead atoms. The lowest BCUT2D eigenvalue weighted by Crippen LogP contribution is -2.40. The maximum Gasteiger partial charge on any atom is 0.336 e. The van der Waals surface area contributed by atoms with Gasteiger partial charge in [-0.15, -0.1) is 0 Å². The zero-order chi connectivity index (χ0) is 18.8. The van der Waals surface area contributed by atoms with Gasteiger partial charge in [-0.1, -0.05) is 6.42 Å². The molecule has 0 amide bonds. The highest BCUT2D eigenvalue weighted by Gasteiger charge is 2.28. The molecule has 2 fully saturated rings. The molecule has 0 unspecified atom stereocenters. The van der Waals surface area contributed by atoms with Gasteiger partial charge in [-0.2, -0.15) is 5.10 Å². The lowest BCUT2D eigenvalue weighted by atomic mass is 9.91. The third kappa shape index (κ3) is 3.90. The summed E-state index contributed by atoms with van der Waals surface area (Å²) in [5.41, 5.74) is 3.13. The molecule has 1 atom stereocenters. The first-order chi connectivity index (χ1) is 13.1. The molecule has 0 radical (unpaired) electrons. The lowest BCUT2D eigenvalue weighted by molar-refractivity contribution is 0.0695. The first kappa shape index (κ1) is 18.2. The van der Waals surface area contributed by atoms with Gasteiger partial charge in [-0.3, -0.25) is 9.67 Å². The summed E-state index contributed by atoms with van der Waals surface area (Å²) in [7, 11) is 0. The Morgan fingerprint density at radius 1 is 1.15 bits per heavy atom. The van der Waals surface area contributed by atoms with Gasteiger partial charge in [0.15, 0.2) is 0 Å². The molecule has 1 saturated carbocycles. The fourth-order valence-corrected chi connectivity index (χ4v) is 4.34. The minimum absolute atomic E-state index is 0.322. The third-order valence-corrected chi connectivity index (χ3v) is 6.23. The second-order valence-electron chi connectivity index (χ2n) is 7.94. The van der Waals surface area contributed by atoms with E-state index in [0.717, 1.165) is 42.2 Å². The molecule has 1 saturated heterocycles. The van der Waals surface area contributed by atoms with Gasteiger partial charge in [0.25, 0.3) is 0 Å². The van der Waals surface area contributed by atoms with Crippen molar-refractivity contribution < 1.29 is 9.90 Å². The van der Waals surface area contributed by atoms with Crippen LogP contribution in [0.25, 0.3) is 0 Å². The molecule has 2 aromatic heterocycles. The number of carbonyl (C=O) groups is 1. The molecular weight excluding hydrogens is 340 g/mol. The Morgan fingerprint density at radius 2 is 1.96 bits per heavy atom. The Balaban J connectivity index is 1.47.